The Balaban J connectivity index is 1.82. The molecule has 0 amide bonds. The molecule has 0 aliphatic carbocycles. The Labute approximate surface area is 157 Å². The van der Waals surface area contributed by atoms with Crippen molar-refractivity contribution in [2.75, 3.05) is 6.79 Å². The molecule has 1 aliphatic heterocycles. The molecule has 126 valence electrons. The molecule has 0 unspecified atom stereocenters. The van der Waals surface area contributed by atoms with Crippen molar-refractivity contribution in [3.05, 3.63) is 63.3 Å². The van der Waals surface area contributed by atoms with Gasteiger partial charge in [0.2, 0.25) is 6.79 Å². The molecule has 25 heavy (non-hydrogen) atoms. The summed E-state index contributed by atoms with van der Waals surface area (Å²) >= 11 is 9.76. The van der Waals surface area contributed by atoms with Crippen LogP contribution < -0.4 is 9.47 Å². The van der Waals surface area contributed by atoms with Crippen LogP contribution in [0.1, 0.15) is 16.1 Å². The third kappa shape index (κ3) is 2.92. The smallest absolute Gasteiger partial charge is 0.231 e. The second-order valence-corrected chi connectivity index (χ2v) is 6.64. The number of carbonyl (C=O) groups is 1. The van der Waals surface area contributed by atoms with Crippen molar-refractivity contribution in [2.24, 2.45) is 0 Å². The van der Waals surface area contributed by atoms with Gasteiger partial charge >= 0.3 is 0 Å². The van der Waals surface area contributed by atoms with Gasteiger partial charge in [0.25, 0.3) is 0 Å². The van der Waals surface area contributed by atoms with Crippen LogP contribution in [0.2, 0.25) is 5.02 Å². The highest BCUT2D eigenvalue weighted by atomic mass is 79.9. The van der Waals surface area contributed by atoms with Crippen molar-refractivity contribution in [1.29, 1.82) is 0 Å². The Kier molecular flexibility index (Phi) is 4.23. The van der Waals surface area contributed by atoms with Gasteiger partial charge in [-0.1, -0.05) is 41.9 Å². The average Bonchev–Trinajstić information content (AvgIpc) is 3.19. The molecule has 2 heterocycles. The largest absolute Gasteiger partial charge is 0.454 e. The maximum Gasteiger partial charge on any atom is 0.231 e. The highest BCUT2D eigenvalue weighted by molar-refractivity contribution is 9.10. The molecule has 0 radical (unpaired) electrons. The lowest BCUT2D eigenvalue weighted by Gasteiger charge is -2.12. The van der Waals surface area contributed by atoms with Crippen LogP contribution in [0.15, 0.2) is 47.1 Å². The van der Waals surface area contributed by atoms with Crippen molar-refractivity contribution in [3.8, 4) is 22.9 Å². The minimum absolute atomic E-state index is 0.181. The second-order valence-electron chi connectivity index (χ2n) is 5.48. The van der Waals surface area contributed by atoms with Gasteiger partial charge in [-0.25, -0.2) is 4.98 Å². The van der Waals surface area contributed by atoms with Crippen LogP contribution >= 0.6 is 27.5 Å². The van der Waals surface area contributed by atoms with Crippen LogP contribution in [0.25, 0.3) is 11.4 Å². The zero-order chi connectivity index (χ0) is 17.4. The first-order valence-corrected chi connectivity index (χ1v) is 8.69. The van der Waals surface area contributed by atoms with Gasteiger partial charge in [0.15, 0.2) is 17.8 Å². The fraction of sp³-hybridized carbons (Fsp3) is 0.111. The molecule has 0 bridgehead atoms. The molecule has 0 fully saturated rings. The van der Waals surface area contributed by atoms with Crippen LogP contribution in [-0.2, 0) is 6.54 Å². The third-order valence-corrected chi connectivity index (χ3v) is 4.91. The van der Waals surface area contributed by atoms with Crippen LogP contribution in [0.5, 0.6) is 11.5 Å². The summed E-state index contributed by atoms with van der Waals surface area (Å²) < 4.78 is 13.1. The molecule has 0 atom stereocenters. The number of nitrogens with zero attached hydrogens (tertiary/aromatic N) is 2. The maximum absolute atomic E-state index is 11.6. The topological polar surface area (TPSA) is 53.4 Å². The number of halogens is 2. The molecule has 1 aromatic heterocycles. The minimum Gasteiger partial charge on any atom is -0.454 e. The lowest BCUT2D eigenvalue weighted by molar-refractivity contribution is 0.111. The van der Waals surface area contributed by atoms with Crippen molar-refractivity contribution in [3.63, 3.8) is 0 Å². The first-order valence-electron chi connectivity index (χ1n) is 7.52. The zero-order valence-corrected chi connectivity index (χ0v) is 15.3. The Morgan fingerprint density at radius 1 is 1.20 bits per heavy atom. The van der Waals surface area contributed by atoms with Crippen LogP contribution in [-0.4, -0.2) is 22.6 Å². The van der Waals surface area contributed by atoms with E-state index in [9.17, 15) is 4.79 Å². The lowest BCUT2D eigenvalue weighted by atomic mass is 10.1. The number of benzene rings is 2. The van der Waals surface area contributed by atoms with Crippen molar-refractivity contribution < 1.29 is 14.3 Å². The predicted octanol–water partition coefficient (Wildman–Crippen LogP) is 4.56. The van der Waals surface area contributed by atoms with E-state index < -0.39 is 0 Å². The average molecular weight is 420 g/mol. The van der Waals surface area contributed by atoms with E-state index in [0.717, 1.165) is 17.4 Å². The summed E-state index contributed by atoms with van der Waals surface area (Å²) in [5.74, 6) is 1.95. The van der Waals surface area contributed by atoms with E-state index in [1.165, 1.54) is 0 Å². The van der Waals surface area contributed by atoms with E-state index >= 15 is 0 Å². The summed E-state index contributed by atoms with van der Waals surface area (Å²) in [6, 6.07) is 13.2. The monoisotopic (exact) mass is 418 g/mol. The molecule has 1 aliphatic rings. The van der Waals surface area contributed by atoms with Gasteiger partial charge in [-0.15, -0.1) is 0 Å². The number of imidazole rings is 1. The van der Waals surface area contributed by atoms with Gasteiger partial charge < -0.3 is 14.0 Å². The quantitative estimate of drug-likeness (QED) is 0.582. The fourth-order valence-corrected chi connectivity index (χ4v) is 3.46. The van der Waals surface area contributed by atoms with E-state index in [0.29, 0.717) is 39.2 Å². The first-order chi connectivity index (χ1) is 12.2. The Morgan fingerprint density at radius 2 is 1.92 bits per heavy atom. The summed E-state index contributed by atoms with van der Waals surface area (Å²) in [6.07, 6.45) is 0.782. The first kappa shape index (κ1) is 16.2. The lowest BCUT2D eigenvalue weighted by Crippen LogP contribution is -2.06. The number of ether oxygens (including phenoxy) is 2. The molecular formula is C18H12BrClN2O3. The molecular weight excluding hydrogens is 408 g/mol. The van der Waals surface area contributed by atoms with Crippen molar-refractivity contribution in [2.45, 2.75) is 6.54 Å². The maximum atomic E-state index is 11.6. The highest BCUT2D eigenvalue weighted by Gasteiger charge is 2.20. The standard InChI is InChI=1S/C18H12BrClN2O3/c19-17-14(9-23)22(18(21-17)11-4-2-1-3-5-11)8-12-6-15-16(7-13(12)20)25-10-24-15/h1-7,9H,8,10H2. The number of aldehydes is 1. The highest BCUT2D eigenvalue weighted by Crippen LogP contribution is 2.38. The summed E-state index contributed by atoms with van der Waals surface area (Å²) in [6.45, 7) is 0.562. The SMILES string of the molecule is O=Cc1c(Br)nc(-c2ccccc2)n1Cc1cc2c(cc1Cl)OCO2. The van der Waals surface area contributed by atoms with Gasteiger partial charge in [-0.3, -0.25) is 4.79 Å². The number of hydrogen-bond acceptors (Lipinski definition) is 4. The molecule has 7 heteroatoms. The Morgan fingerprint density at radius 3 is 2.64 bits per heavy atom. The minimum atomic E-state index is 0.181. The second kappa shape index (κ2) is 6.54. The van der Waals surface area contributed by atoms with Crippen LogP contribution in [0.4, 0.5) is 0 Å². The summed E-state index contributed by atoms with van der Waals surface area (Å²) in [5.41, 5.74) is 2.18. The van der Waals surface area contributed by atoms with E-state index in [1.54, 1.807) is 6.07 Å². The number of fused-ring (bicyclic) bond motifs is 1. The van der Waals surface area contributed by atoms with Crippen molar-refractivity contribution in [1.82, 2.24) is 9.55 Å². The number of carbonyl (C=O) groups excluding carboxylic acids is 1. The molecule has 4 rings (SSSR count). The zero-order valence-electron chi connectivity index (χ0n) is 12.9. The summed E-state index contributed by atoms with van der Waals surface area (Å²) in [7, 11) is 0. The fourth-order valence-electron chi connectivity index (χ4n) is 2.77. The Bertz CT molecular complexity index is 957. The van der Waals surface area contributed by atoms with E-state index in [1.807, 2.05) is 41.0 Å². The molecule has 0 N–H and O–H groups in total. The number of hydrogen-bond donors (Lipinski definition) is 0. The van der Waals surface area contributed by atoms with Gasteiger partial charge in [-0.05, 0) is 27.6 Å². The van der Waals surface area contributed by atoms with Gasteiger partial charge in [0, 0.05) is 16.7 Å². The Hall–Kier alpha value is -2.31. The van der Waals surface area contributed by atoms with Crippen LogP contribution in [0, 0.1) is 0 Å². The van der Waals surface area contributed by atoms with E-state index in [4.69, 9.17) is 21.1 Å². The van der Waals surface area contributed by atoms with E-state index in [2.05, 4.69) is 20.9 Å². The predicted molar refractivity (Wildman–Crippen MR) is 97.4 cm³/mol. The van der Waals surface area contributed by atoms with Crippen LogP contribution in [0.3, 0.4) is 0 Å². The number of rotatable bonds is 4. The molecule has 2 aromatic carbocycles. The normalized spacial score (nSPS) is 12.4. The van der Waals surface area contributed by atoms with Crippen molar-refractivity contribution >= 4 is 33.8 Å². The summed E-state index contributed by atoms with van der Waals surface area (Å²) in [4.78, 5) is 16.1. The summed E-state index contributed by atoms with van der Waals surface area (Å²) in [5, 5.41) is 0.546. The molecule has 5 nitrogen and oxygen atoms in total. The van der Waals surface area contributed by atoms with Gasteiger partial charge in [-0.2, -0.15) is 0 Å². The molecule has 0 saturated heterocycles. The van der Waals surface area contributed by atoms with E-state index in [-0.39, 0.29) is 6.79 Å². The molecule has 3 aromatic rings. The molecule has 0 spiro atoms. The van der Waals surface area contributed by atoms with Gasteiger partial charge in [0.1, 0.15) is 16.1 Å². The van der Waals surface area contributed by atoms with Gasteiger partial charge in [0.05, 0.1) is 6.54 Å². The molecule has 0 saturated carbocycles. The number of aromatic nitrogens is 2. The third-order valence-electron chi connectivity index (χ3n) is 3.98.